The number of thiophene rings is 1. The van der Waals surface area contributed by atoms with Crippen LogP contribution in [0.25, 0.3) is 10.1 Å². The number of benzene rings is 1. The van der Waals surface area contributed by atoms with Crippen molar-refractivity contribution in [3.8, 4) is 0 Å². The Hall–Kier alpha value is -1.19. The molecule has 1 N–H and O–H groups in total. The number of carbonyl (C=O) groups is 1. The van der Waals surface area contributed by atoms with E-state index in [1.165, 1.54) is 0 Å². The van der Waals surface area contributed by atoms with Crippen LogP contribution in [0.1, 0.15) is 43.0 Å². The van der Waals surface area contributed by atoms with E-state index in [-0.39, 0.29) is 5.78 Å². The number of rotatable bonds is 2. The first-order valence-electron chi connectivity index (χ1n) is 6.83. The van der Waals surface area contributed by atoms with Crippen LogP contribution in [0, 0.1) is 5.92 Å². The van der Waals surface area contributed by atoms with Crippen molar-refractivity contribution >= 4 is 27.2 Å². The SMILES string of the molecule is CC1CCC(O)(C(=O)c2cccc3ccsc23)CC1. The first kappa shape index (κ1) is 12.8. The third-order valence-corrected chi connectivity index (χ3v) is 5.21. The topological polar surface area (TPSA) is 37.3 Å². The third-order valence-electron chi connectivity index (χ3n) is 4.25. The van der Waals surface area contributed by atoms with Gasteiger partial charge in [0.2, 0.25) is 0 Å². The van der Waals surface area contributed by atoms with E-state index in [0.717, 1.165) is 22.9 Å². The summed E-state index contributed by atoms with van der Waals surface area (Å²) in [6.07, 6.45) is 3.05. The lowest BCUT2D eigenvalue weighted by molar-refractivity contribution is 0.00443. The zero-order valence-corrected chi connectivity index (χ0v) is 11.9. The lowest BCUT2D eigenvalue weighted by atomic mass is 9.76. The molecule has 0 amide bonds. The van der Waals surface area contributed by atoms with E-state index < -0.39 is 5.60 Å². The first-order valence-corrected chi connectivity index (χ1v) is 7.71. The lowest BCUT2D eigenvalue weighted by Gasteiger charge is -2.33. The summed E-state index contributed by atoms with van der Waals surface area (Å²) in [6, 6.07) is 7.77. The molecule has 1 aliphatic carbocycles. The minimum absolute atomic E-state index is 0.0903. The molecule has 0 spiro atoms. The van der Waals surface area contributed by atoms with Crippen LogP contribution in [0.2, 0.25) is 0 Å². The molecule has 3 rings (SSSR count). The predicted octanol–water partition coefficient (Wildman–Crippen LogP) is 4.03. The Morgan fingerprint density at radius 1 is 1.32 bits per heavy atom. The molecule has 0 radical (unpaired) electrons. The van der Waals surface area contributed by atoms with Crippen LogP contribution in [0.3, 0.4) is 0 Å². The summed E-state index contributed by atoms with van der Waals surface area (Å²) in [5, 5.41) is 13.7. The van der Waals surface area contributed by atoms with Crippen molar-refractivity contribution in [2.75, 3.05) is 0 Å². The van der Waals surface area contributed by atoms with E-state index in [1.54, 1.807) is 11.3 Å². The Morgan fingerprint density at radius 3 is 2.79 bits per heavy atom. The van der Waals surface area contributed by atoms with Gasteiger partial charge in [-0.3, -0.25) is 4.79 Å². The van der Waals surface area contributed by atoms with Gasteiger partial charge >= 0.3 is 0 Å². The van der Waals surface area contributed by atoms with E-state index in [0.29, 0.717) is 24.3 Å². The lowest BCUT2D eigenvalue weighted by Crippen LogP contribution is -2.41. The Bertz CT molecular complexity index is 606. The highest BCUT2D eigenvalue weighted by Gasteiger charge is 2.39. The maximum absolute atomic E-state index is 12.7. The molecule has 0 unspecified atom stereocenters. The quantitative estimate of drug-likeness (QED) is 0.840. The zero-order chi connectivity index (χ0) is 13.5. The van der Waals surface area contributed by atoms with E-state index in [1.807, 2.05) is 29.6 Å². The summed E-state index contributed by atoms with van der Waals surface area (Å²) >= 11 is 1.57. The van der Waals surface area contributed by atoms with Crippen molar-refractivity contribution in [2.24, 2.45) is 5.92 Å². The molecular weight excluding hydrogens is 256 g/mol. The number of hydrogen-bond donors (Lipinski definition) is 1. The van der Waals surface area contributed by atoms with Gasteiger partial charge in [0.25, 0.3) is 0 Å². The fourth-order valence-electron chi connectivity index (χ4n) is 2.89. The van der Waals surface area contributed by atoms with Gasteiger partial charge in [0.15, 0.2) is 5.78 Å². The van der Waals surface area contributed by atoms with Crippen molar-refractivity contribution in [3.05, 3.63) is 35.2 Å². The average molecular weight is 274 g/mol. The maximum atomic E-state index is 12.7. The first-order chi connectivity index (χ1) is 9.10. The second-order valence-corrected chi connectivity index (χ2v) is 6.60. The molecule has 3 heteroatoms. The molecule has 1 aromatic carbocycles. The second-order valence-electron chi connectivity index (χ2n) is 5.69. The van der Waals surface area contributed by atoms with E-state index >= 15 is 0 Å². The van der Waals surface area contributed by atoms with E-state index in [2.05, 4.69) is 6.92 Å². The van der Waals surface area contributed by atoms with Gasteiger partial charge < -0.3 is 5.11 Å². The van der Waals surface area contributed by atoms with Gasteiger partial charge in [0.05, 0.1) is 0 Å². The molecule has 1 saturated carbocycles. The minimum Gasteiger partial charge on any atom is -0.382 e. The number of carbonyl (C=O) groups excluding carboxylic acids is 1. The van der Waals surface area contributed by atoms with Gasteiger partial charge in [-0.2, -0.15) is 0 Å². The number of Topliss-reactive ketones (excluding diaryl/α,β-unsaturated/α-hetero) is 1. The second kappa shape index (κ2) is 4.73. The standard InChI is InChI=1S/C16H18O2S/c1-11-5-8-16(18,9-6-11)15(17)13-4-2-3-12-7-10-19-14(12)13/h2-4,7,10-11,18H,5-6,8-9H2,1H3. The summed E-state index contributed by atoms with van der Waals surface area (Å²) in [4.78, 5) is 12.7. The van der Waals surface area contributed by atoms with Gasteiger partial charge in [-0.15, -0.1) is 11.3 Å². The molecule has 2 nitrogen and oxygen atoms in total. The number of ketones is 1. The fraction of sp³-hybridized carbons (Fsp3) is 0.438. The molecule has 19 heavy (non-hydrogen) atoms. The summed E-state index contributed by atoms with van der Waals surface area (Å²) < 4.78 is 1.000. The normalized spacial score (nSPS) is 27.6. The van der Waals surface area contributed by atoms with Gasteiger partial charge in [-0.25, -0.2) is 0 Å². The molecule has 0 saturated heterocycles. The van der Waals surface area contributed by atoms with Crippen LogP contribution in [0.4, 0.5) is 0 Å². The third kappa shape index (κ3) is 2.21. The molecule has 0 atom stereocenters. The molecule has 0 bridgehead atoms. The van der Waals surface area contributed by atoms with Crippen molar-refractivity contribution in [2.45, 2.75) is 38.2 Å². The summed E-state index contributed by atoms with van der Waals surface area (Å²) in [7, 11) is 0. The van der Waals surface area contributed by atoms with Crippen LogP contribution in [-0.2, 0) is 0 Å². The van der Waals surface area contributed by atoms with Crippen LogP contribution in [0.15, 0.2) is 29.6 Å². The minimum atomic E-state index is -1.15. The van der Waals surface area contributed by atoms with E-state index in [9.17, 15) is 9.90 Å². The van der Waals surface area contributed by atoms with Crippen LogP contribution in [0.5, 0.6) is 0 Å². The van der Waals surface area contributed by atoms with Crippen molar-refractivity contribution in [3.63, 3.8) is 0 Å². The van der Waals surface area contributed by atoms with Crippen LogP contribution in [-0.4, -0.2) is 16.5 Å². The van der Waals surface area contributed by atoms with Crippen molar-refractivity contribution in [1.29, 1.82) is 0 Å². The monoisotopic (exact) mass is 274 g/mol. The van der Waals surface area contributed by atoms with Gasteiger partial charge in [-0.1, -0.05) is 19.1 Å². The van der Waals surface area contributed by atoms with Crippen LogP contribution >= 0.6 is 11.3 Å². The molecule has 1 aliphatic rings. The Morgan fingerprint density at radius 2 is 2.05 bits per heavy atom. The summed E-state index contributed by atoms with van der Waals surface area (Å²) in [6.45, 7) is 2.18. The number of fused-ring (bicyclic) bond motifs is 1. The van der Waals surface area contributed by atoms with Gasteiger partial charge in [0, 0.05) is 10.3 Å². The highest BCUT2D eigenvalue weighted by Crippen LogP contribution is 2.36. The Balaban J connectivity index is 1.97. The summed E-state index contributed by atoms with van der Waals surface area (Å²) in [5.41, 5.74) is -0.463. The molecule has 1 aromatic heterocycles. The molecule has 100 valence electrons. The largest absolute Gasteiger partial charge is 0.382 e. The van der Waals surface area contributed by atoms with Crippen molar-refractivity contribution < 1.29 is 9.90 Å². The number of hydrogen-bond acceptors (Lipinski definition) is 3. The van der Waals surface area contributed by atoms with Gasteiger partial charge in [0.1, 0.15) is 5.60 Å². The molecule has 1 heterocycles. The zero-order valence-electron chi connectivity index (χ0n) is 11.1. The number of aliphatic hydroxyl groups is 1. The Kier molecular flexibility index (Phi) is 3.19. The van der Waals surface area contributed by atoms with Crippen LogP contribution < -0.4 is 0 Å². The predicted molar refractivity (Wildman–Crippen MR) is 78.7 cm³/mol. The molecular formula is C16H18O2S. The highest BCUT2D eigenvalue weighted by molar-refractivity contribution is 7.17. The maximum Gasteiger partial charge on any atom is 0.195 e. The van der Waals surface area contributed by atoms with Crippen molar-refractivity contribution in [1.82, 2.24) is 0 Å². The fourth-order valence-corrected chi connectivity index (χ4v) is 3.80. The smallest absolute Gasteiger partial charge is 0.195 e. The average Bonchev–Trinajstić information content (AvgIpc) is 2.89. The molecule has 2 aromatic rings. The van der Waals surface area contributed by atoms with E-state index in [4.69, 9.17) is 0 Å². The van der Waals surface area contributed by atoms with Gasteiger partial charge in [-0.05, 0) is 54.5 Å². The molecule has 0 aliphatic heterocycles. The highest BCUT2D eigenvalue weighted by atomic mass is 32.1. The Labute approximate surface area is 117 Å². The summed E-state index contributed by atoms with van der Waals surface area (Å²) in [5.74, 6) is 0.526. The molecule has 1 fully saturated rings.